The fraction of sp³-hybridized carbons (Fsp3) is 0.667. The Balaban J connectivity index is 2.44. The minimum absolute atomic E-state index is 0.0317. The van der Waals surface area contributed by atoms with Crippen molar-refractivity contribution < 1.29 is 4.79 Å². The molecule has 90 valence electrons. The number of hydrogen-bond donors (Lipinski definition) is 1. The van der Waals surface area contributed by atoms with Crippen molar-refractivity contribution >= 4 is 17.2 Å². The van der Waals surface area contributed by atoms with Crippen molar-refractivity contribution in [2.45, 2.75) is 52.0 Å². The van der Waals surface area contributed by atoms with Crippen LogP contribution >= 0.6 is 11.3 Å². The number of nitrogens with one attached hydrogen (secondary N) is 1. The van der Waals surface area contributed by atoms with Crippen LogP contribution in [0, 0.1) is 0 Å². The van der Waals surface area contributed by atoms with Crippen molar-refractivity contribution in [3.05, 3.63) is 16.6 Å². The lowest BCUT2D eigenvalue weighted by Gasteiger charge is -2.16. The minimum atomic E-state index is -0.0317. The first kappa shape index (κ1) is 13.2. The van der Waals surface area contributed by atoms with Gasteiger partial charge in [-0.15, -0.1) is 11.3 Å². The molecular weight excluding hydrogens is 220 g/mol. The summed E-state index contributed by atoms with van der Waals surface area (Å²) in [7, 11) is 0. The third-order valence-electron chi connectivity index (χ3n) is 2.54. The van der Waals surface area contributed by atoms with Crippen molar-refractivity contribution in [3.8, 4) is 0 Å². The van der Waals surface area contributed by atoms with Gasteiger partial charge in [-0.1, -0.05) is 33.1 Å². The number of nitrogens with zero attached hydrogens (tertiary/aromatic N) is 1. The summed E-state index contributed by atoms with van der Waals surface area (Å²) in [6.07, 6.45) is 5.57. The van der Waals surface area contributed by atoms with E-state index >= 15 is 0 Å². The first-order chi connectivity index (χ1) is 7.77. The molecule has 1 atom stereocenters. The van der Waals surface area contributed by atoms with E-state index in [2.05, 4.69) is 24.1 Å². The molecule has 0 radical (unpaired) electrons. The van der Waals surface area contributed by atoms with Crippen molar-refractivity contribution in [1.29, 1.82) is 0 Å². The van der Waals surface area contributed by atoms with Gasteiger partial charge in [-0.05, 0) is 12.8 Å². The fourth-order valence-corrected chi connectivity index (χ4v) is 2.20. The van der Waals surface area contributed by atoms with Gasteiger partial charge in [0.05, 0.1) is 5.51 Å². The zero-order valence-electron chi connectivity index (χ0n) is 10.0. The summed E-state index contributed by atoms with van der Waals surface area (Å²) in [5.74, 6) is -0.0317. The van der Waals surface area contributed by atoms with Crippen LogP contribution in [0.15, 0.2) is 10.9 Å². The fourth-order valence-electron chi connectivity index (χ4n) is 1.67. The Labute approximate surface area is 101 Å². The van der Waals surface area contributed by atoms with Gasteiger partial charge in [-0.25, -0.2) is 4.98 Å². The van der Waals surface area contributed by atoms with Crippen LogP contribution in [0.2, 0.25) is 0 Å². The molecular formula is C12H20N2OS. The van der Waals surface area contributed by atoms with Crippen LogP contribution in [0.25, 0.3) is 0 Å². The second-order valence-electron chi connectivity index (χ2n) is 3.97. The van der Waals surface area contributed by atoms with Crippen LogP contribution in [0.1, 0.15) is 56.4 Å². The molecule has 0 saturated carbocycles. The van der Waals surface area contributed by atoms with Gasteiger partial charge in [0.15, 0.2) is 0 Å². The van der Waals surface area contributed by atoms with Gasteiger partial charge >= 0.3 is 0 Å². The molecule has 16 heavy (non-hydrogen) atoms. The Bertz CT molecular complexity index is 298. The summed E-state index contributed by atoms with van der Waals surface area (Å²) in [6.45, 7) is 4.32. The zero-order chi connectivity index (χ0) is 11.8. The Hall–Kier alpha value is -0.900. The molecule has 0 saturated heterocycles. The summed E-state index contributed by atoms with van der Waals surface area (Å²) >= 11 is 1.45. The van der Waals surface area contributed by atoms with E-state index in [0.717, 1.165) is 19.3 Å². The lowest BCUT2D eigenvalue weighted by Crippen LogP contribution is -2.34. The molecule has 1 rings (SSSR count). The highest BCUT2D eigenvalue weighted by molar-refractivity contribution is 7.07. The highest BCUT2D eigenvalue weighted by atomic mass is 32.1. The van der Waals surface area contributed by atoms with E-state index in [0.29, 0.717) is 11.7 Å². The maximum absolute atomic E-state index is 11.8. The van der Waals surface area contributed by atoms with Gasteiger partial charge in [0.1, 0.15) is 5.69 Å². The summed E-state index contributed by atoms with van der Waals surface area (Å²) in [4.78, 5) is 15.8. The zero-order valence-corrected chi connectivity index (χ0v) is 10.8. The molecule has 0 aliphatic heterocycles. The first-order valence-corrected chi connectivity index (χ1v) is 6.91. The quantitative estimate of drug-likeness (QED) is 0.795. The molecule has 0 aromatic carbocycles. The molecule has 0 aliphatic rings. The van der Waals surface area contributed by atoms with Gasteiger partial charge < -0.3 is 5.32 Å². The number of rotatable bonds is 7. The van der Waals surface area contributed by atoms with Gasteiger partial charge in [-0.3, -0.25) is 4.79 Å². The van der Waals surface area contributed by atoms with Crippen LogP contribution in [0.5, 0.6) is 0 Å². The van der Waals surface area contributed by atoms with Gasteiger partial charge in [0.2, 0.25) is 0 Å². The summed E-state index contributed by atoms with van der Waals surface area (Å²) < 4.78 is 0. The number of carbonyl (C=O) groups is 1. The first-order valence-electron chi connectivity index (χ1n) is 5.97. The van der Waals surface area contributed by atoms with Crippen LogP contribution in [-0.2, 0) is 0 Å². The Morgan fingerprint density at radius 2 is 2.25 bits per heavy atom. The molecule has 0 aliphatic carbocycles. The summed E-state index contributed by atoms with van der Waals surface area (Å²) in [5, 5.41) is 4.85. The number of carbonyl (C=O) groups excluding carboxylic acids is 1. The monoisotopic (exact) mass is 240 g/mol. The van der Waals surface area contributed by atoms with Crippen molar-refractivity contribution in [3.63, 3.8) is 0 Å². The number of unbranched alkanes of at least 4 members (excludes halogenated alkanes) is 1. The maximum atomic E-state index is 11.8. The number of amides is 1. The lowest BCUT2D eigenvalue weighted by molar-refractivity contribution is 0.0928. The van der Waals surface area contributed by atoms with Crippen LogP contribution in [-0.4, -0.2) is 16.9 Å². The maximum Gasteiger partial charge on any atom is 0.270 e. The molecule has 1 amide bonds. The molecule has 3 nitrogen and oxygen atoms in total. The minimum Gasteiger partial charge on any atom is -0.348 e. The van der Waals surface area contributed by atoms with Gasteiger partial charge in [0.25, 0.3) is 5.91 Å². The largest absolute Gasteiger partial charge is 0.348 e. The molecule has 1 aromatic rings. The summed E-state index contributed by atoms with van der Waals surface area (Å²) in [6, 6.07) is 0.305. The van der Waals surface area contributed by atoms with E-state index in [1.807, 2.05) is 0 Å². The van der Waals surface area contributed by atoms with Crippen LogP contribution < -0.4 is 5.32 Å². The predicted octanol–water partition coefficient (Wildman–Crippen LogP) is 3.23. The number of thiazole rings is 1. The molecule has 0 spiro atoms. The third kappa shape index (κ3) is 4.31. The topological polar surface area (TPSA) is 42.0 Å². The SMILES string of the molecule is CCCCC(CCC)NC(=O)c1cscn1. The molecule has 1 heterocycles. The van der Waals surface area contributed by atoms with E-state index < -0.39 is 0 Å². The normalized spacial score (nSPS) is 12.4. The smallest absolute Gasteiger partial charge is 0.270 e. The van der Waals surface area contributed by atoms with E-state index in [1.54, 1.807) is 10.9 Å². The standard InChI is InChI=1S/C12H20N2OS/c1-3-5-7-10(6-4-2)14-12(15)11-8-16-9-13-11/h8-10H,3-7H2,1-2H3,(H,14,15). The van der Waals surface area contributed by atoms with Crippen molar-refractivity contribution in [2.75, 3.05) is 0 Å². The second kappa shape index (κ2) is 7.39. The lowest BCUT2D eigenvalue weighted by atomic mass is 10.1. The highest BCUT2D eigenvalue weighted by Gasteiger charge is 2.13. The van der Waals surface area contributed by atoms with Crippen molar-refractivity contribution in [2.24, 2.45) is 0 Å². The van der Waals surface area contributed by atoms with Crippen LogP contribution in [0.4, 0.5) is 0 Å². The predicted molar refractivity (Wildman–Crippen MR) is 67.8 cm³/mol. The summed E-state index contributed by atoms with van der Waals surface area (Å²) in [5.41, 5.74) is 2.23. The average Bonchev–Trinajstić information content (AvgIpc) is 2.79. The molecule has 1 N–H and O–H groups in total. The molecule has 4 heteroatoms. The Morgan fingerprint density at radius 1 is 1.44 bits per heavy atom. The van der Waals surface area contributed by atoms with Gasteiger partial charge in [-0.2, -0.15) is 0 Å². The number of aromatic nitrogens is 1. The third-order valence-corrected chi connectivity index (χ3v) is 3.13. The van der Waals surface area contributed by atoms with E-state index in [-0.39, 0.29) is 5.91 Å². The molecule has 1 aromatic heterocycles. The molecule has 1 unspecified atom stereocenters. The highest BCUT2D eigenvalue weighted by Crippen LogP contribution is 2.08. The van der Waals surface area contributed by atoms with E-state index in [9.17, 15) is 4.79 Å². The second-order valence-corrected chi connectivity index (χ2v) is 4.69. The molecule has 0 fully saturated rings. The Morgan fingerprint density at radius 3 is 2.81 bits per heavy atom. The number of hydrogen-bond acceptors (Lipinski definition) is 3. The van der Waals surface area contributed by atoms with Crippen molar-refractivity contribution in [1.82, 2.24) is 10.3 Å². The average molecular weight is 240 g/mol. The van der Waals surface area contributed by atoms with Crippen LogP contribution in [0.3, 0.4) is 0 Å². The van der Waals surface area contributed by atoms with E-state index in [4.69, 9.17) is 0 Å². The van der Waals surface area contributed by atoms with Gasteiger partial charge in [0, 0.05) is 11.4 Å². The van der Waals surface area contributed by atoms with E-state index in [1.165, 1.54) is 24.2 Å². The molecule has 0 bridgehead atoms. The Kier molecular flexibility index (Phi) is 6.08.